The Balaban J connectivity index is 1.66. The minimum atomic E-state index is -0.309. The average molecular weight is 358 g/mol. The molecule has 2 heterocycles. The first-order valence-electron chi connectivity index (χ1n) is 7.87. The van der Waals surface area contributed by atoms with E-state index in [9.17, 15) is 9.18 Å². The topological polar surface area (TPSA) is 45.5 Å². The molecular weight excluding hydrogens is 339 g/mol. The fraction of sp³-hybridized carbons (Fsp3) is 0.211. The number of halogens is 1. The van der Waals surface area contributed by atoms with Crippen molar-refractivity contribution in [1.82, 2.24) is 10.2 Å². The monoisotopic (exact) mass is 358 g/mol. The van der Waals surface area contributed by atoms with Crippen molar-refractivity contribution in [1.29, 1.82) is 0 Å². The Kier molecular flexibility index (Phi) is 5.31. The molecule has 0 aliphatic rings. The van der Waals surface area contributed by atoms with Crippen LogP contribution in [0.15, 0.2) is 57.6 Å². The largest absolute Gasteiger partial charge is 0.451 e. The van der Waals surface area contributed by atoms with E-state index in [1.165, 1.54) is 17.7 Å². The number of likely N-dealkylation sites (N-methyl/N-ethyl adjacent to an activating group) is 1. The van der Waals surface area contributed by atoms with Gasteiger partial charge in [0, 0.05) is 12.1 Å². The van der Waals surface area contributed by atoms with Crippen LogP contribution in [0.4, 0.5) is 4.39 Å². The van der Waals surface area contributed by atoms with E-state index < -0.39 is 0 Å². The number of amides is 1. The number of hydrogen-bond acceptors (Lipinski definition) is 4. The summed E-state index contributed by atoms with van der Waals surface area (Å²) in [4.78, 5) is 14.4. The Bertz CT molecular complexity index is 825. The number of benzene rings is 1. The zero-order valence-corrected chi connectivity index (χ0v) is 14.8. The van der Waals surface area contributed by atoms with Crippen molar-refractivity contribution < 1.29 is 13.6 Å². The van der Waals surface area contributed by atoms with Crippen molar-refractivity contribution in [3.63, 3.8) is 0 Å². The summed E-state index contributed by atoms with van der Waals surface area (Å²) in [5.74, 6) is 0.196. The number of carbonyl (C=O) groups excluding carboxylic acids is 1. The molecule has 6 heteroatoms. The Labute approximate surface area is 149 Å². The fourth-order valence-electron chi connectivity index (χ4n) is 2.57. The first kappa shape index (κ1) is 17.4. The highest BCUT2D eigenvalue weighted by Gasteiger charge is 2.18. The number of hydrogen-bond donors (Lipinski definition) is 1. The lowest BCUT2D eigenvalue weighted by Crippen LogP contribution is -2.34. The molecule has 0 aliphatic heterocycles. The van der Waals surface area contributed by atoms with E-state index in [0.717, 1.165) is 5.56 Å². The van der Waals surface area contributed by atoms with Gasteiger partial charge in [-0.25, -0.2) is 4.39 Å². The highest BCUT2D eigenvalue weighted by atomic mass is 32.1. The third kappa shape index (κ3) is 4.15. The molecule has 0 radical (unpaired) electrons. The molecule has 1 atom stereocenters. The Morgan fingerprint density at radius 2 is 1.96 bits per heavy atom. The molecule has 1 aromatic carbocycles. The van der Waals surface area contributed by atoms with Gasteiger partial charge in [0.2, 0.25) is 0 Å². The van der Waals surface area contributed by atoms with Gasteiger partial charge in [0.15, 0.2) is 5.76 Å². The summed E-state index contributed by atoms with van der Waals surface area (Å²) in [5.41, 5.74) is 1.90. The van der Waals surface area contributed by atoms with E-state index in [4.69, 9.17) is 4.42 Å². The second-order valence-corrected chi connectivity index (χ2v) is 6.70. The van der Waals surface area contributed by atoms with Gasteiger partial charge in [-0.05, 0) is 72.9 Å². The lowest BCUT2D eigenvalue weighted by Gasteiger charge is -2.23. The SMILES string of the molecule is CN(C)C(CNC(=O)c1ccc(-c2ccc(F)cc2)o1)c1ccsc1. The van der Waals surface area contributed by atoms with E-state index in [2.05, 4.69) is 21.7 Å². The van der Waals surface area contributed by atoms with Gasteiger partial charge in [0.25, 0.3) is 5.91 Å². The minimum Gasteiger partial charge on any atom is -0.451 e. The van der Waals surface area contributed by atoms with Gasteiger partial charge in [0.1, 0.15) is 11.6 Å². The summed E-state index contributed by atoms with van der Waals surface area (Å²) in [6.45, 7) is 0.481. The van der Waals surface area contributed by atoms with Crippen LogP contribution in [0.2, 0.25) is 0 Å². The van der Waals surface area contributed by atoms with Crippen molar-refractivity contribution in [2.45, 2.75) is 6.04 Å². The van der Waals surface area contributed by atoms with Gasteiger partial charge in [-0.3, -0.25) is 4.79 Å². The standard InChI is InChI=1S/C19H19FN2O2S/c1-22(2)16(14-9-10-25-12-14)11-21-19(23)18-8-7-17(24-18)13-3-5-15(20)6-4-13/h3-10,12,16H,11H2,1-2H3,(H,21,23). The van der Waals surface area contributed by atoms with Crippen molar-refractivity contribution >= 4 is 17.2 Å². The van der Waals surface area contributed by atoms with E-state index in [0.29, 0.717) is 12.3 Å². The van der Waals surface area contributed by atoms with Crippen LogP contribution in [0.1, 0.15) is 22.2 Å². The molecule has 3 aromatic rings. The third-order valence-electron chi connectivity index (χ3n) is 3.97. The third-order valence-corrected chi connectivity index (χ3v) is 4.67. The maximum absolute atomic E-state index is 13.0. The van der Waals surface area contributed by atoms with Gasteiger partial charge in [0.05, 0.1) is 6.04 Å². The fourth-order valence-corrected chi connectivity index (χ4v) is 3.28. The number of nitrogens with zero attached hydrogens (tertiary/aromatic N) is 1. The Morgan fingerprint density at radius 1 is 1.20 bits per heavy atom. The van der Waals surface area contributed by atoms with Crippen LogP contribution < -0.4 is 5.32 Å². The summed E-state index contributed by atoms with van der Waals surface area (Å²) in [6, 6.07) is 11.5. The van der Waals surface area contributed by atoms with E-state index >= 15 is 0 Å². The average Bonchev–Trinajstić information content (AvgIpc) is 3.27. The van der Waals surface area contributed by atoms with Crippen LogP contribution in [0, 0.1) is 5.82 Å². The Morgan fingerprint density at radius 3 is 2.60 bits per heavy atom. The molecule has 2 aromatic heterocycles. The van der Waals surface area contributed by atoms with Gasteiger partial charge in [-0.1, -0.05) is 0 Å². The maximum Gasteiger partial charge on any atom is 0.287 e. The van der Waals surface area contributed by atoms with Crippen molar-refractivity contribution in [3.8, 4) is 11.3 Å². The van der Waals surface area contributed by atoms with Crippen LogP contribution in [-0.4, -0.2) is 31.4 Å². The smallest absolute Gasteiger partial charge is 0.287 e. The van der Waals surface area contributed by atoms with Crippen molar-refractivity contribution in [2.75, 3.05) is 20.6 Å². The van der Waals surface area contributed by atoms with Crippen LogP contribution in [0.3, 0.4) is 0 Å². The molecule has 0 fully saturated rings. The molecule has 1 N–H and O–H groups in total. The normalized spacial score (nSPS) is 12.3. The van der Waals surface area contributed by atoms with Crippen LogP contribution in [-0.2, 0) is 0 Å². The summed E-state index contributed by atoms with van der Waals surface area (Å²) >= 11 is 1.63. The predicted molar refractivity (Wildman–Crippen MR) is 97.2 cm³/mol. The summed E-state index contributed by atoms with van der Waals surface area (Å²) < 4.78 is 18.6. The number of nitrogens with one attached hydrogen (secondary N) is 1. The van der Waals surface area contributed by atoms with Gasteiger partial charge < -0.3 is 14.6 Å². The Hall–Kier alpha value is -2.44. The highest BCUT2D eigenvalue weighted by molar-refractivity contribution is 7.07. The second-order valence-electron chi connectivity index (χ2n) is 5.92. The van der Waals surface area contributed by atoms with E-state index in [1.54, 1.807) is 35.6 Å². The van der Waals surface area contributed by atoms with Crippen LogP contribution in [0.25, 0.3) is 11.3 Å². The van der Waals surface area contributed by atoms with Gasteiger partial charge in [-0.2, -0.15) is 11.3 Å². The van der Waals surface area contributed by atoms with Gasteiger partial charge in [-0.15, -0.1) is 0 Å². The molecule has 25 heavy (non-hydrogen) atoms. The summed E-state index contributed by atoms with van der Waals surface area (Å²) in [6.07, 6.45) is 0. The number of carbonyl (C=O) groups is 1. The predicted octanol–water partition coefficient (Wildman–Crippen LogP) is 4.18. The zero-order valence-electron chi connectivity index (χ0n) is 14.0. The molecule has 0 bridgehead atoms. The molecule has 0 saturated heterocycles. The van der Waals surface area contributed by atoms with Crippen molar-refractivity contribution in [2.24, 2.45) is 0 Å². The number of rotatable bonds is 6. The number of thiophene rings is 1. The molecule has 0 saturated carbocycles. The molecule has 0 spiro atoms. The molecular formula is C19H19FN2O2S. The summed E-state index contributed by atoms with van der Waals surface area (Å²) in [5, 5.41) is 7.02. The minimum absolute atomic E-state index is 0.0988. The zero-order chi connectivity index (χ0) is 17.8. The van der Waals surface area contributed by atoms with E-state index in [1.807, 2.05) is 19.5 Å². The molecule has 4 nitrogen and oxygen atoms in total. The lowest BCUT2D eigenvalue weighted by molar-refractivity contribution is 0.0915. The maximum atomic E-state index is 13.0. The molecule has 3 rings (SSSR count). The molecule has 0 aliphatic carbocycles. The highest BCUT2D eigenvalue weighted by Crippen LogP contribution is 2.23. The molecule has 1 amide bonds. The second kappa shape index (κ2) is 7.63. The molecule has 130 valence electrons. The molecule has 1 unspecified atom stereocenters. The lowest BCUT2D eigenvalue weighted by atomic mass is 10.1. The summed E-state index contributed by atoms with van der Waals surface area (Å²) in [7, 11) is 3.96. The van der Waals surface area contributed by atoms with Crippen LogP contribution in [0.5, 0.6) is 0 Å². The van der Waals surface area contributed by atoms with E-state index in [-0.39, 0.29) is 23.5 Å². The van der Waals surface area contributed by atoms with Gasteiger partial charge >= 0.3 is 0 Å². The first-order valence-corrected chi connectivity index (χ1v) is 8.81. The first-order chi connectivity index (χ1) is 12.0. The number of furan rings is 1. The van der Waals surface area contributed by atoms with Crippen molar-refractivity contribution in [3.05, 3.63) is 70.4 Å². The van der Waals surface area contributed by atoms with Crippen LogP contribution >= 0.6 is 11.3 Å². The quantitative estimate of drug-likeness (QED) is 0.719.